The van der Waals surface area contributed by atoms with Gasteiger partial charge in [0.05, 0.1) is 17.0 Å². The maximum absolute atomic E-state index is 12.1. The summed E-state index contributed by atoms with van der Waals surface area (Å²) in [5, 5.41) is 0. The third-order valence-corrected chi connectivity index (χ3v) is 5.30. The number of aryl methyl sites for hydroxylation is 1. The highest BCUT2D eigenvalue weighted by Gasteiger charge is 2.53. The molecule has 1 aromatic heterocycles. The van der Waals surface area contributed by atoms with Gasteiger partial charge in [-0.1, -0.05) is 0 Å². The molecule has 1 saturated heterocycles. The average Bonchev–Trinajstić information content (AvgIpc) is 2.92. The number of nitrogens with two attached hydrogens (primary N) is 1. The maximum atomic E-state index is 12.1. The van der Waals surface area contributed by atoms with E-state index in [9.17, 15) is 8.42 Å². The maximum Gasteiger partial charge on any atom is 0.242 e. The molecule has 1 saturated carbocycles. The van der Waals surface area contributed by atoms with Gasteiger partial charge in [0.1, 0.15) is 0 Å². The molecule has 1 aliphatic carbocycles. The summed E-state index contributed by atoms with van der Waals surface area (Å²) in [6.07, 6.45) is 4.14. The van der Waals surface area contributed by atoms with E-state index in [-0.39, 0.29) is 23.1 Å². The van der Waals surface area contributed by atoms with E-state index < -0.39 is 10.0 Å². The van der Waals surface area contributed by atoms with Crippen molar-refractivity contribution < 1.29 is 13.2 Å². The van der Waals surface area contributed by atoms with Crippen LogP contribution in [-0.2, 0) is 21.8 Å². The Kier molecular flexibility index (Phi) is 2.74. The van der Waals surface area contributed by atoms with Crippen molar-refractivity contribution in [2.75, 3.05) is 6.61 Å². The van der Waals surface area contributed by atoms with Crippen molar-refractivity contribution in [2.24, 2.45) is 18.7 Å². The zero-order chi connectivity index (χ0) is 12.9. The zero-order valence-electron chi connectivity index (χ0n) is 10.1. The Morgan fingerprint density at radius 2 is 2.33 bits per heavy atom. The minimum absolute atomic E-state index is 0.0570. The second kappa shape index (κ2) is 4.06. The molecule has 0 bridgehead atoms. The molecule has 6 nitrogen and oxygen atoms in total. The first-order valence-corrected chi connectivity index (χ1v) is 7.49. The lowest BCUT2D eigenvalue weighted by Gasteiger charge is -2.45. The molecule has 1 aromatic rings. The Balaban J connectivity index is 1.77. The standard InChI is InChI=1S/C11H17N3O3S/c1-14-4-2-7(6-14)18(15,16)13-10-9(12)8-3-5-17-11(8)10/h2,4,6,8-11,13H,3,5,12H2,1H3. The molecule has 1 aliphatic heterocycles. The molecule has 18 heavy (non-hydrogen) atoms. The SMILES string of the molecule is Cn1ccc(S(=O)(=O)NC2C(N)C3CCOC32)c1. The van der Waals surface area contributed by atoms with Crippen molar-refractivity contribution in [1.29, 1.82) is 0 Å². The largest absolute Gasteiger partial charge is 0.376 e. The molecule has 7 heteroatoms. The number of nitrogens with one attached hydrogen (secondary N) is 1. The van der Waals surface area contributed by atoms with E-state index in [0.717, 1.165) is 6.42 Å². The molecule has 4 atom stereocenters. The fourth-order valence-corrected chi connectivity index (χ4v) is 4.11. The summed E-state index contributed by atoms with van der Waals surface area (Å²) in [5.41, 5.74) is 5.99. The summed E-state index contributed by atoms with van der Waals surface area (Å²) in [5.74, 6) is 0.300. The van der Waals surface area contributed by atoms with E-state index in [1.54, 1.807) is 30.1 Å². The molecule has 0 aromatic carbocycles. The third-order valence-electron chi connectivity index (χ3n) is 3.85. The van der Waals surface area contributed by atoms with Crippen molar-refractivity contribution in [3.05, 3.63) is 18.5 Å². The van der Waals surface area contributed by atoms with Crippen molar-refractivity contribution in [3.63, 3.8) is 0 Å². The third kappa shape index (κ3) is 1.78. The average molecular weight is 271 g/mol. The van der Waals surface area contributed by atoms with Crippen LogP contribution in [-0.4, -0.2) is 37.8 Å². The lowest BCUT2D eigenvalue weighted by atomic mass is 9.73. The van der Waals surface area contributed by atoms with Crippen LogP contribution >= 0.6 is 0 Å². The number of hydrogen-bond acceptors (Lipinski definition) is 4. The molecule has 100 valence electrons. The van der Waals surface area contributed by atoms with Crippen LogP contribution in [0.25, 0.3) is 0 Å². The Morgan fingerprint density at radius 3 is 3.00 bits per heavy atom. The van der Waals surface area contributed by atoms with E-state index >= 15 is 0 Å². The first kappa shape index (κ1) is 12.2. The van der Waals surface area contributed by atoms with Crippen LogP contribution < -0.4 is 10.5 Å². The number of sulfonamides is 1. The van der Waals surface area contributed by atoms with Crippen LogP contribution in [0, 0.1) is 5.92 Å². The van der Waals surface area contributed by atoms with Gasteiger partial charge < -0.3 is 15.0 Å². The zero-order valence-corrected chi connectivity index (χ0v) is 10.9. The first-order chi connectivity index (χ1) is 8.49. The Morgan fingerprint density at radius 1 is 1.56 bits per heavy atom. The van der Waals surface area contributed by atoms with E-state index in [2.05, 4.69) is 4.72 Å². The van der Waals surface area contributed by atoms with E-state index in [4.69, 9.17) is 10.5 Å². The van der Waals surface area contributed by atoms with Crippen molar-refractivity contribution >= 4 is 10.0 Å². The fraction of sp³-hybridized carbons (Fsp3) is 0.636. The highest BCUT2D eigenvalue weighted by molar-refractivity contribution is 7.89. The second-order valence-corrected chi connectivity index (χ2v) is 6.74. The molecule has 0 radical (unpaired) electrons. The normalized spacial score (nSPS) is 35.2. The molecule has 0 amide bonds. The summed E-state index contributed by atoms with van der Waals surface area (Å²) in [6.45, 7) is 0.673. The van der Waals surface area contributed by atoms with Crippen LogP contribution in [0.1, 0.15) is 6.42 Å². The van der Waals surface area contributed by atoms with Gasteiger partial charge in [-0.3, -0.25) is 0 Å². The molecular formula is C11H17N3O3S. The topological polar surface area (TPSA) is 86.4 Å². The molecule has 2 fully saturated rings. The second-order valence-electron chi connectivity index (χ2n) is 5.03. The van der Waals surface area contributed by atoms with Gasteiger partial charge in [0, 0.05) is 38.0 Å². The highest BCUT2D eigenvalue weighted by atomic mass is 32.2. The smallest absolute Gasteiger partial charge is 0.242 e. The fourth-order valence-electron chi connectivity index (χ4n) is 2.78. The molecular weight excluding hydrogens is 254 g/mol. The monoisotopic (exact) mass is 271 g/mol. The van der Waals surface area contributed by atoms with Crippen molar-refractivity contribution in [1.82, 2.24) is 9.29 Å². The first-order valence-electron chi connectivity index (χ1n) is 6.00. The van der Waals surface area contributed by atoms with E-state index in [1.165, 1.54) is 0 Å². The number of fused-ring (bicyclic) bond motifs is 1. The lowest BCUT2D eigenvalue weighted by Crippen LogP contribution is -2.68. The highest BCUT2D eigenvalue weighted by Crippen LogP contribution is 2.38. The van der Waals surface area contributed by atoms with Crippen LogP contribution in [0.15, 0.2) is 23.4 Å². The summed E-state index contributed by atoms with van der Waals surface area (Å²) in [4.78, 5) is 0.263. The van der Waals surface area contributed by atoms with Gasteiger partial charge in [-0.15, -0.1) is 0 Å². The van der Waals surface area contributed by atoms with Crippen molar-refractivity contribution in [3.8, 4) is 0 Å². The van der Waals surface area contributed by atoms with E-state index in [0.29, 0.717) is 12.5 Å². The lowest BCUT2D eigenvalue weighted by molar-refractivity contribution is -0.00923. The minimum Gasteiger partial charge on any atom is -0.376 e. The summed E-state index contributed by atoms with van der Waals surface area (Å²) in [6, 6.07) is 1.12. The van der Waals surface area contributed by atoms with Gasteiger partial charge in [0.25, 0.3) is 0 Å². The summed E-state index contributed by atoms with van der Waals surface area (Å²) in [7, 11) is -1.72. The molecule has 0 spiro atoms. The molecule has 3 N–H and O–H groups in total. The van der Waals surface area contributed by atoms with Crippen LogP contribution in [0.3, 0.4) is 0 Å². The minimum atomic E-state index is -3.50. The van der Waals surface area contributed by atoms with Gasteiger partial charge >= 0.3 is 0 Å². The molecule has 3 rings (SSSR count). The van der Waals surface area contributed by atoms with Gasteiger partial charge in [-0.05, 0) is 12.5 Å². The number of ether oxygens (including phenoxy) is 1. The van der Waals surface area contributed by atoms with Gasteiger partial charge in [-0.25, -0.2) is 13.1 Å². The number of nitrogens with zero attached hydrogens (tertiary/aromatic N) is 1. The van der Waals surface area contributed by atoms with Crippen LogP contribution in [0.4, 0.5) is 0 Å². The summed E-state index contributed by atoms with van der Waals surface area (Å²) < 4.78 is 34.2. The van der Waals surface area contributed by atoms with Gasteiger partial charge in [0.2, 0.25) is 10.0 Å². The Labute approximate surface area is 106 Å². The van der Waals surface area contributed by atoms with Crippen molar-refractivity contribution in [2.45, 2.75) is 29.5 Å². The Hall–Kier alpha value is -0.890. The predicted molar refractivity (Wildman–Crippen MR) is 65.3 cm³/mol. The number of aromatic nitrogens is 1. The van der Waals surface area contributed by atoms with Gasteiger partial charge in [-0.2, -0.15) is 0 Å². The van der Waals surface area contributed by atoms with Crippen LogP contribution in [0.2, 0.25) is 0 Å². The quantitative estimate of drug-likeness (QED) is 0.770. The van der Waals surface area contributed by atoms with E-state index in [1.807, 2.05) is 0 Å². The molecule has 2 aliphatic rings. The molecule has 4 unspecified atom stereocenters. The van der Waals surface area contributed by atoms with Gasteiger partial charge in [0.15, 0.2) is 0 Å². The molecule has 2 heterocycles. The number of hydrogen-bond donors (Lipinski definition) is 2. The number of rotatable bonds is 3. The predicted octanol–water partition coefficient (Wildman–Crippen LogP) is -0.582. The summed E-state index contributed by atoms with van der Waals surface area (Å²) >= 11 is 0. The Bertz CT molecular complexity index is 554. The van der Waals surface area contributed by atoms with Crippen LogP contribution in [0.5, 0.6) is 0 Å².